The molecule has 5 heteroatoms. The Labute approximate surface area is 104 Å². The van der Waals surface area contributed by atoms with E-state index in [4.69, 9.17) is 0 Å². The van der Waals surface area contributed by atoms with Gasteiger partial charge in [0.25, 0.3) is 0 Å². The number of carbonyl (C=O) groups excluding carboxylic acids is 1. The zero-order valence-corrected chi connectivity index (χ0v) is 10.3. The summed E-state index contributed by atoms with van der Waals surface area (Å²) in [5.41, 5.74) is 1.19. The predicted molar refractivity (Wildman–Crippen MR) is 66.8 cm³/mol. The molecule has 94 valence electrons. The van der Waals surface area contributed by atoms with Crippen molar-refractivity contribution in [1.29, 1.82) is 0 Å². The monoisotopic (exact) mass is 247 g/mol. The van der Waals surface area contributed by atoms with Crippen LogP contribution in [0.15, 0.2) is 30.5 Å². The molecule has 0 aliphatic rings. The normalized spacial score (nSPS) is 10.4. The first-order chi connectivity index (χ1) is 8.56. The number of rotatable bonds is 3. The molecule has 0 aliphatic carbocycles. The smallest absolute Gasteiger partial charge is 0.222 e. The van der Waals surface area contributed by atoms with Crippen molar-refractivity contribution in [2.45, 2.75) is 20.4 Å². The first-order valence-electron chi connectivity index (χ1n) is 5.61. The zero-order valence-electron chi connectivity index (χ0n) is 10.3. The van der Waals surface area contributed by atoms with Gasteiger partial charge >= 0.3 is 0 Å². The minimum Gasteiger partial charge on any atom is -0.309 e. The summed E-state index contributed by atoms with van der Waals surface area (Å²) >= 11 is 0. The fourth-order valence-electron chi connectivity index (χ4n) is 1.70. The average molecular weight is 247 g/mol. The van der Waals surface area contributed by atoms with Gasteiger partial charge in [-0.3, -0.25) is 9.48 Å². The molecule has 0 saturated carbocycles. The van der Waals surface area contributed by atoms with Crippen molar-refractivity contribution in [2.75, 3.05) is 5.32 Å². The van der Waals surface area contributed by atoms with E-state index in [1.807, 2.05) is 6.07 Å². The van der Waals surface area contributed by atoms with E-state index in [1.54, 1.807) is 36.0 Å². The topological polar surface area (TPSA) is 46.9 Å². The number of hydrogen-bond acceptors (Lipinski definition) is 2. The van der Waals surface area contributed by atoms with Gasteiger partial charge in [-0.25, -0.2) is 4.39 Å². The van der Waals surface area contributed by atoms with Gasteiger partial charge in [-0.05, 0) is 12.5 Å². The standard InChI is InChI=1S/C13H14FN3O/c1-9-4-3-5-11(13(9)14)8-17-7-6-12(16-17)15-10(2)18/h3-7H,8H2,1-2H3,(H,15,16,18). The molecule has 1 aromatic carbocycles. The van der Waals surface area contributed by atoms with Crippen LogP contribution in [0.4, 0.5) is 10.2 Å². The third-order valence-electron chi connectivity index (χ3n) is 2.55. The highest BCUT2D eigenvalue weighted by Crippen LogP contribution is 2.13. The number of nitrogens with one attached hydrogen (secondary N) is 1. The lowest BCUT2D eigenvalue weighted by molar-refractivity contribution is -0.114. The Kier molecular flexibility index (Phi) is 3.41. The number of nitrogens with zero attached hydrogens (tertiary/aromatic N) is 2. The molecule has 1 aromatic heterocycles. The van der Waals surface area contributed by atoms with Crippen LogP contribution < -0.4 is 5.32 Å². The van der Waals surface area contributed by atoms with E-state index in [2.05, 4.69) is 10.4 Å². The zero-order chi connectivity index (χ0) is 13.1. The maximum atomic E-state index is 13.8. The van der Waals surface area contributed by atoms with Crippen molar-refractivity contribution in [1.82, 2.24) is 9.78 Å². The molecule has 0 saturated heterocycles. The molecule has 1 amide bonds. The van der Waals surface area contributed by atoms with E-state index in [0.29, 0.717) is 23.5 Å². The molecule has 0 bridgehead atoms. The third kappa shape index (κ3) is 2.74. The van der Waals surface area contributed by atoms with E-state index in [1.165, 1.54) is 6.92 Å². The molecular formula is C13H14FN3O. The van der Waals surface area contributed by atoms with Gasteiger partial charge < -0.3 is 5.32 Å². The van der Waals surface area contributed by atoms with Gasteiger partial charge in [-0.1, -0.05) is 18.2 Å². The fourth-order valence-corrected chi connectivity index (χ4v) is 1.70. The van der Waals surface area contributed by atoms with Gasteiger partial charge in [0.2, 0.25) is 5.91 Å². The highest BCUT2D eigenvalue weighted by Gasteiger charge is 2.06. The summed E-state index contributed by atoms with van der Waals surface area (Å²) in [6, 6.07) is 6.94. The van der Waals surface area contributed by atoms with Crippen LogP contribution >= 0.6 is 0 Å². The minimum atomic E-state index is -0.214. The molecule has 18 heavy (non-hydrogen) atoms. The Morgan fingerprint density at radius 2 is 2.22 bits per heavy atom. The largest absolute Gasteiger partial charge is 0.309 e. The van der Waals surface area contributed by atoms with Crippen LogP contribution in [0.2, 0.25) is 0 Å². The molecule has 0 fully saturated rings. The van der Waals surface area contributed by atoms with Gasteiger partial charge in [0, 0.05) is 24.8 Å². The van der Waals surface area contributed by atoms with Crippen molar-refractivity contribution in [3.05, 3.63) is 47.4 Å². The van der Waals surface area contributed by atoms with Crippen molar-refractivity contribution in [2.24, 2.45) is 0 Å². The summed E-state index contributed by atoms with van der Waals surface area (Å²) in [4.78, 5) is 10.9. The summed E-state index contributed by atoms with van der Waals surface area (Å²) in [5, 5.41) is 6.71. The summed E-state index contributed by atoms with van der Waals surface area (Å²) < 4.78 is 15.4. The van der Waals surface area contributed by atoms with Gasteiger partial charge in [-0.2, -0.15) is 5.10 Å². The summed E-state index contributed by atoms with van der Waals surface area (Å²) in [6.45, 7) is 3.48. The molecule has 0 unspecified atom stereocenters. The maximum absolute atomic E-state index is 13.8. The predicted octanol–water partition coefficient (Wildman–Crippen LogP) is 2.34. The van der Waals surface area contributed by atoms with E-state index < -0.39 is 0 Å². The van der Waals surface area contributed by atoms with Crippen LogP contribution in [0.5, 0.6) is 0 Å². The summed E-state index contributed by atoms with van der Waals surface area (Å²) in [6.07, 6.45) is 1.70. The Hall–Kier alpha value is -2.17. The van der Waals surface area contributed by atoms with Crippen molar-refractivity contribution >= 4 is 11.7 Å². The highest BCUT2D eigenvalue weighted by molar-refractivity contribution is 5.87. The Balaban J connectivity index is 2.16. The molecule has 1 N–H and O–H groups in total. The average Bonchev–Trinajstić information content (AvgIpc) is 2.71. The molecule has 1 heterocycles. The van der Waals surface area contributed by atoms with Crippen LogP contribution in [0, 0.1) is 12.7 Å². The van der Waals surface area contributed by atoms with E-state index in [0.717, 1.165) is 0 Å². The number of anilines is 1. The second-order valence-electron chi connectivity index (χ2n) is 4.13. The molecule has 0 spiro atoms. The van der Waals surface area contributed by atoms with Crippen LogP contribution in [-0.4, -0.2) is 15.7 Å². The maximum Gasteiger partial charge on any atom is 0.222 e. The third-order valence-corrected chi connectivity index (χ3v) is 2.55. The second kappa shape index (κ2) is 5.00. The van der Waals surface area contributed by atoms with Crippen molar-refractivity contribution < 1.29 is 9.18 Å². The van der Waals surface area contributed by atoms with Crippen LogP contribution in [-0.2, 0) is 11.3 Å². The van der Waals surface area contributed by atoms with Gasteiger partial charge in [0.15, 0.2) is 5.82 Å². The lowest BCUT2D eigenvalue weighted by atomic mass is 10.1. The first-order valence-corrected chi connectivity index (χ1v) is 5.61. The van der Waals surface area contributed by atoms with Crippen LogP contribution in [0.1, 0.15) is 18.1 Å². The van der Waals surface area contributed by atoms with E-state index in [9.17, 15) is 9.18 Å². The minimum absolute atomic E-state index is 0.179. The molecule has 4 nitrogen and oxygen atoms in total. The first kappa shape index (κ1) is 12.3. The lowest BCUT2D eigenvalue weighted by Gasteiger charge is -2.05. The van der Waals surface area contributed by atoms with Crippen molar-refractivity contribution in [3.8, 4) is 0 Å². The fraction of sp³-hybridized carbons (Fsp3) is 0.231. The van der Waals surface area contributed by atoms with Crippen LogP contribution in [0.3, 0.4) is 0 Å². The number of hydrogen-bond donors (Lipinski definition) is 1. The number of carbonyl (C=O) groups is 1. The van der Waals surface area contributed by atoms with Crippen LogP contribution in [0.25, 0.3) is 0 Å². The lowest BCUT2D eigenvalue weighted by Crippen LogP contribution is -2.08. The van der Waals surface area contributed by atoms with Gasteiger partial charge in [0.05, 0.1) is 6.54 Å². The molecular weight excluding hydrogens is 233 g/mol. The van der Waals surface area contributed by atoms with Crippen molar-refractivity contribution in [3.63, 3.8) is 0 Å². The molecule has 0 aliphatic heterocycles. The van der Waals surface area contributed by atoms with Gasteiger partial charge in [-0.15, -0.1) is 0 Å². The highest BCUT2D eigenvalue weighted by atomic mass is 19.1. The number of aryl methyl sites for hydroxylation is 1. The number of halogens is 1. The molecule has 0 atom stereocenters. The number of benzene rings is 1. The molecule has 2 aromatic rings. The molecule has 2 rings (SSSR count). The van der Waals surface area contributed by atoms with E-state index in [-0.39, 0.29) is 11.7 Å². The Morgan fingerprint density at radius 3 is 2.94 bits per heavy atom. The Morgan fingerprint density at radius 1 is 1.44 bits per heavy atom. The number of amides is 1. The summed E-state index contributed by atoms with van der Waals surface area (Å²) in [7, 11) is 0. The second-order valence-corrected chi connectivity index (χ2v) is 4.13. The Bertz CT molecular complexity index is 577. The summed E-state index contributed by atoms with van der Waals surface area (Å²) in [5.74, 6) is 0.0756. The van der Waals surface area contributed by atoms with Gasteiger partial charge in [0.1, 0.15) is 5.82 Å². The molecule has 0 radical (unpaired) electrons. The van der Waals surface area contributed by atoms with E-state index >= 15 is 0 Å². The quantitative estimate of drug-likeness (QED) is 0.904. The SMILES string of the molecule is CC(=O)Nc1ccn(Cc2cccc(C)c2F)n1. The number of aromatic nitrogens is 2.